The van der Waals surface area contributed by atoms with Gasteiger partial charge in [-0.25, -0.2) is 0 Å². The van der Waals surface area contributed by atoms with Gasteiger partial charge < -0.3 is 9.84 Å². The molecule has 0 aliphatic carbocycles. The van der Waals surface area contributed by atoms with Gasteiger partial charge in [-0.15, -0.1) is 0 Å². The van der Waals surface area contributed by atoms with E-state index in [4.69, 9.17) is 4.74 Å². The number of benzene rings is 2. The van der Waals surface area contributed by atoms with E-state index in [1.54, 1.807) is 0 Å². The Bertz CT molecular complexity index is 594. The molecule has 112 valence electrons. The van der Waals surface area contributed by atoms with Gasteiger partial charge in [0.25, 0.3) is 0 Å². The summed E-state index contributed by atoms with van der Waals surface area (Å²) in [5.41, 5.74) is 5.89. The van der Waals surface area contributed by atoms with Crippen molar-refractivity contribution in [2.75, 3.05) is 6.61 Å². The molecule has 2 aromatic carbocycles. The van der Waals surface area contributed by atoms with Crippen LogP contribution in [0.1, 0.15) is 40.8 Å². The van der Waals surface area contributed by atoms with Crippen LogP contribution in [-0.2, 0) is 6.42 Å². The maximum atomic E-state index is 10.5. The summed E-state index contributed by atoms with van der Waals surface area (Å²) in [6.07, 6.45) is 0.124. The van der Waals surface area contributed by atoms with E-state index in [2.05, 4.69) is 32.9 Å². The highest BCUT2D eigenvalue weighted by molar-refractivity contribution is 5.39. The number of hydrogen-bond donors (Lipinski definition) is 1. The Labute approximate surface area is 127 Å². The predicted molar refractivity (Wildman–Crippen MR) is 86.9 cm³/mol. The van der Waals surface area contributed by atoms with Crippen LogP contribution in [0, 0.1) is 20.8 Å². The minimum Gasteiger partial charge on any atom is -0.494 e. The number of aliphatic hydroxyl groups is 1. The highest BCUT2D eigenvalue weighted by Crippen LogP contribution is 2.26. The lowest BCUT2D eigenvalue weighted by Crippen LogP contribution is -2.06. The predicted octanol–water partition coefficient (Wildman–Crippen LogP) is 4.29. The molecule has 2 rings (SSSR count). The van der Waals surface area contributed by atoms with Gasteiger partial charge in [0.1, 0.15) is 5.75 Å². The lowest BCUT2D eigenvalue weighted by Gasteiger charge is -2.17. The first kappa shape index (κ1) is 15.6. The third kappa shape index (κ3) is 3.85. The van der Waals surface area contributed by atoms with Gasteiger partial charge in [0.05, 0.1) is 12.7 Å². The van der Waals surface area contributed by atoms with Crippen LogP contribution in [-0.4, -0.2) is 11.7 Å². The molecule has 0 radical (unpaired) electrons. The second kappa shape index (κ2) is 6.77. The van der Waals surface area contributed by atoms with Gasteiger partial charge in [-0.3, -0.25) is 0 Å². The van der Waals surface area contributed by atoms with Crippen molar-refractivity contribution in [2.45, 2.75) is 40.2 Å². The third-order valence-corrected chi connectivity index (χ3v) is 3.79. The minimum absolute atomic E-state index is 0.509. The first-order chi connectivity index (χ1) is 10.0. The number of aliphatic hydroxyl groups excluding tert-OH is 1. The van der Waals surface area contributed by atoms with Crippen LogP contribution in [0.5, 0.6) is 5.75 Å². The summed E-state index contributed by atoms with van der Waals surface area (Å²) in [5, 5.41) is 10.5. The summed E-state index contributed by atoms with van der Waals surface area (Å²) in [6.45, 7) is 8.92. The maximum Gasteiger partial charge on any atom is 0.119 e. The Morgan fingerprint density at radius 3 is 2.33 bits per heavy atom. The molecule has 0 saturated heterocycles. The van der Waals surface area contributed by atoms with Crippen molar-refractivity contribution in [1.29, 1.82) is 0 Å². The van der Waals surface area contributed by atoms with Gasteiger partial charge in [0.2, 0.25) is 0 Å². The van der Waals surface area contributed by atoms with Crippen LogP contribution >= 0.6 is 0 Å². The number of ether oxygens (including phenoxy) is 1. The van der Waals surface area contributed by atoms with Crippen molar-refractivity contribution in [1.82, 2.24) is 0 Å². The molecule has 0 amide bonds. The van der Waals surface area contributed by atoms with Gasteiger partial charge in [-0.1, -0.05) is 29.8 Å². The van der Waals surface area contributed by atoms with E-state index >= 15 is 0 Å². The fourth-order valence-corrected chi connectivity index (χ4v) is 2.82. The molecule has 0 spiro atoms. The first-order valence-electron chi connectivity index (χ1n) is 7.48. The summed E-state index contributed by atoms with van der Waals surface area (Å²) in [7, 11) is 0. The molecule has 2 heteroatoms. The Balaban J connectivity index is 2.22. The molecule has 21 heavy (non-hydrogen) atoms. The molecule has 2 nitrogen and oxygen atoms in total. The summed E-state index contributed by atoms with van der Waals surface area (Å²) in [6, 6.07) is 12.1. The fraction of sp³-hybridized carbons (Fsp3) is 0.368. The second-order valence-corrected chi connectivity index (χ2v) is 5.60. The molecule has 0 fully saturated rings. The number of hydrogen-bond acceptors (Lipinski definition) is 2. The van der Waals surface area contributed by atoms with Crippen molar-refractivity contribution in [3.63, 3.8) is 0 Å². The van der Waals surface area contributed by atoms with E-state index in [-0.39, 0.29) is 0 Å². The zero-order valence-corrected chi connectivity index (χ0v) is 13.3. The normalized spacial score (nSPS) is 12.2. The monoisotopic (exact) mass is 284 g/mol. The van der Waals surface area contributed by atoms with Crippen LogP contribution in [0.15, 0.2) is 36.4 Å². The van der Waals surface area contributed by atoms with Crippen molar-refractivity contribution >= 4 is 0 Å². The zero-order valence-electron chi connectivity index (χ0n) is 13.3. The third-order valence-electron chi connectivity index (χ3n) is 3.79. The summed E-state index contributed by atoms with van der Waals surface area (Å²) in [5.74, 6) is 0.811. The SMILES string of the molecule is CCOc1cccc(C(O)Cc2c(C)cc(C)cc2C)c1. The van der Waals surface area contributed by atoms with Gasteiger partial charge >= 0.3 is 0 Å². The Morgan fingerprint density at radius 1 is 1.05 bits per heavy atom. The van der Waals surface area contributed by atoms with Crippen LogP contribution in [0.3, 0.4) is 0 Å². The molecule has 1 unspecified atom stereocenters. The summed E-state index contributed by atoms with van der Waals surface area (Å²) < 4.78 is 5.50. The molecule has 1 atom stereocenters. The standard InChI is InChI=1S/C19H24O2/c1-5-21-17-8-6-7-16(11-17)19(20)12-18-14(3)9-13(2)10-15(18)4/h6-11,19-20H,5,12H2,1-4H3. The van der Waals surface area contributed by atoms with Crippen molar-refractivity contribution in [3.8, 4) is 5.75 Å². The molecule has 0 aliphatic heterocycles. The fourth-order valence-electron chi connectivity index (χ4n) is 2.82. The van der Waals surface area contributed by atoms with E-state index in [9.17, 15) is 5.11 Å². The van der Waals surface area contributed by atoms with Crippen LogP contribution in [0.25, 0.3) is 0 Å². The molecule has 0 saturated carbocycles. The topological polar surface area (TPSA) is 29.5 Å². The lowest BCUT2D eigenvalue weighted by molar-refractivity contribution is 0.177. The molecular formula is C19H24O2. The average Bonchev–Trinajstić information content (AvgIpc) is 2.43. The number of rotatable bonds is 5. The Morgan fingerprint density at radius 2 is 1.71 bits per heavy atom. The average molecular weight is 284 g/mol. The smallest absolute Gasteiger partial charge is 0.119 e. The zero-order chi connectivity index (χ0) is 15.4. The van der Waals surface area contributed by atoms with Gasteiger partial charge in [0.15, 0.2) is 0 Å². The van der Waals surface area contributed by atoms with Crippen LogP contribution in [0.4, 0.5) is 0 Å². The second-order valence-electron chi connectivity index (χ2n) is 5.60. The van der Waals surface area contributed by atoms with E-state index < -0.39 is 6.10 Å². The van der Waals surface area contributed by atoms with Crippen molar-refractivity contribution < 1.29 is 9.84 Å². The maximum absolute atomic E-state index is 10.5. The molecular weight excluding hydrogens is 260 g/mol. The minimum atomic E-state index is -0.509. The highest BCUT2D eigenvalue weighted by atomic mass is 16.5. The van der Waals surface area contributed by atoms with Gasteiger partial charge in [-0.2, -0.15) is 0 Å². The van der Waals surface area contributed by atoms with E-state index in [0.717, 1.165) is 11.3 Å². The van der Waals surface area contributed by atoms with E-state index in [0.29, 0.717) is 13.0 Å². The molecule has 0 bridgehead atoms. The molecule has 0 aromatic heterocycles. The van der Waals surface area contributed by atoms with Crippen LogP contribution < -0.4 is 4.74 Å². The molecule has 0 aliphatic rings. The van der Waals surface area contributed by atoms with Crippen molar-refractivity contribution in [3.05, 3.63) is 64.2 Å². The molecule has 2 aromatic rings. The van der Waals surface area contributed by atoms with E-state index in [1.165, 1.54) is 22.3 Å². The van der Waals surface area contributed by atoms with Gasteiger partial charge in [0, 0.05) is 6.42 Å². The number of aryl methyl sites for hydroxylation is 3. The van der Waals surface area contributed by atoms with Crippen LogP contribution in [0.2, 0.25) is 0 Å². The van der Waals surface area contributed by atoms with Gasteiger partial charge in [-0.05, 0) is 62.1 Å². The van der Waals surface area contributed by atoms with Crippen molar-refractivity contribution in [2.24, 2.45) is 0 Å². The lowest BCUT2D eigenvalue weighted by atomic mass is 9.93. The Kier molecular flexibility index (Phi) is 5.03. The highest BCUT2D eigenvalue weighted by Gasteiger charge is 2.13. The molecule has 1 N–H and O–H groups in total. The first-order valence-corrected chi connectivity index (χ1v) is 7.48. The van der Waals surface area contributed by atoms with E-state index in [1.807, 2.05) is 31.2 Å². The quantitative estimate of drug-likeness (QED) is 0.887. The largest absolute Gasteiger partial charge is 0.494 e. The Hall–Kier alpha value is -1.80. The molecule has 0 heterocycles. The summed E-state index contributed by atoms with van der Waals surface area (Å²) >= 11 is 0. The summed E-state index contributed by atoms with van der Waals surface area (Å²) in [4.78, 5) is 0.